The second-order valence-corrected chi connectivity index (χ2v) is 4.50. The molecule has 0 aliphatic rings. The quantitative estimate of drug-likeness (QED) is 0.581. The Bertz CT molecular complexity index is 260. The predicted molar refractivity (Wildman–Crippen MR) is 67.4 cm³/mol. The van der Waals surface area contributed by atoms with E-state index in [-0.39, 0.29) is 0 Å². The van der Waals surface area contributed by atoms with E-state index in [4.69, 9.17) is 0 Å². The Morgan fingerprint density at radius 2 is 2.20 bits per heavy atom. The van der Waals surface area contributed by atoms with Gasteiger partial charge in [0, 0.05) is 37.7 Å². The molecule has 1 heterocycles. The Balaban J connectivity index is 1.96. The first-order valence-electron chi connectivity index (χ1n) is 5.57. The van der Waals surface area contributed by atoms with Gasteiger partial charge in [0.2, 0.25) is 0 Å². The van der Waals surface area contributed by atoms with Crippen molar-refractivity contribution in [3.8, 4) is 0 Å². The molecule has 0 saturated heterocycles. The molecule has 0 spiro atoms. The summed E-state index contributed by atoms with van der Waals surface area (Å²) in [5.74, 6) is 1.16. The van der Waals surface area contributed by atoms with Crippen molar-refractivity contribution in [2.24, 2.45) is 7.05 Å². The molecule has 0 aliphatic heterocycles. The van der Waals surface area contributed by atoms with Crippen LogP contribution in [0.2, 0.25) is 0 Å². The maximum atomic E-state index is 4.28. The summed E-state index contributed by atoms with van der Waals surface area (Å²) in [4.78, 5) is 4.28. The fourth-order valence-electron chi connectivity index (χ4n) is 1.48. The lowest BCUT2D eigenvalue weighted by Crippen LogP contribution is -2.19. The van der Waals surface area contributed by atoms with Crippen LogP contribution >= 0.6 is 15.9 Å². The summed E-state index contributed by atoms with van der Waals surface area (Å²) in [7, 11) is 2.04. The molecule has 3 nitrogen and oxygen atoms in total. The van der Waals surface area contributed by atoms with Crippen LogP contribution in [0.3, 0.4) is 0 Å². The van der Waals surface area contributed by atoms with Gasteiger partial charge in [-0.3, -0.25) is 0 Å². The fourth-order valence-corrected chi connectivity index (χ4v) is 1.88. The van der Waals surface area contributed by atoms with Crippen LogP contribution in [0.5, 0.6) is 0 Å². The van der Waals surface area contributed by atoms with Gasteiger partial charge in [0.25, 0.3) is 0 Å². The van der Waals surface area contributed by atoms with Crippen LogP contribution in [0, 0.1) is 0 Å². The minimum absolute atomic E-state index is 1.02. The van der Waals surface area contributed by atoms with Crippen molar-refractivity contribution in [2.75, 3.05) is 18.4 Å². The van der Waals surface area contributed by atoms with Crippen LogP contribution in [0.4, 0.5) is 0 Å². The van der Waals surface area contributed by atoms with Gasteiger partial charge in [0.1, 0.15) is 5.82 Å². The Morgan fingerprint density at radius 1 is 1.33 bits per heavy atom. The van der Waals surface area contributed by atoms with Crippen molar-refractivity contribution < 1.29 is 0 Å². The van der Waals surface area contributed by atoms with Crippen LogP contribution < -0.4 is 5.32 Å². The lowest BCUT2D eigenvalue weighted by molar-refractivity contribution is 0.606. The summed E-state index contributed by atoms with van der Waals surface area (Å²) in [6.45, 7) is 2.15. The van der Waals surface area contributed by atoms with Crippen LogP contribution in [-0.4, -0.2) is 28.0 Å². The third-order valence-electron chi connectivity index (χ3n) is 2.43. The van der Waals surface area contributed by atoms with Gasteiger partial charge in [-0.15, -0.1) is 0 Å². The molecular weight excluding hydrogens is 254 g/mol. The number of alkyl halides is 1. The molecule has 0 atom stereocenters. The molecule has 15 heavy (non-hydrogen) atoms. The maximum absolute atomic E-state index is 4.28. The number of hydrogen-bond donors (Lipinski definition) is 1. The Labute approximate surface area is 100 Å². The molecular formula is C11H20BrN3. The average Bonchev–Trinajstić information content (AvgIpc) is 2.63. The molecule has 86 valence electrons. The van der Waals surface area contributed by atoms with Gasteiger partial charge in [-0.1, -0.05) is 22.4 Å². The summed E-state index contributed by atoms with van der Waals surface area (Å²) in [6.07, 6.45) is 8.71. The molecule has 1 N–H and O–H groups in total. The zero-order valence-corrected chi connectivity index (χ0v) is 11.0. The van der Waals surface area contributed by atoms with Crippen molar-refractivity contribution in [2.45, 2.75) is 25.7 Å². The van der Waals surface area contributed by atoms with Crippen LogP contribution in [0.1, 0.15) is 25.1 Å². The standard InChI is InChI=1S/C11H20BrN3/c1-15-10-9-14-11(15)5-8-13-7-4-2-3-6-12/h9-10,13H,2-8H2,1H3. The van der Waals surface area contributed by atoms with Crippen molar-refractivity contribution in [1.82, 2.24) is 14.9 Å². The Morgan fingerprint density at radius 3 is 2.87 bits per heavy atom. The average molecular weight is 274 g/mol. The normalized spacial score (nSPS) is 10.8. The smallest absolute Gasteiger partial charge is 0.109 e. The number of aromatic nitrogens is 2. The topological polar surface area (TPSA) is 29.9 Å². The number of halogens is 1. The minimum atomic E-state index is 1.02. The molecule has 0 aliphatic carbocycles. The first-order chi connectivity index (χ1) is 7.34. The molecule has 0 amide bonds. The third-order valence-corrected chi connectivity index (χ3v) is 2.99. The van der Waals surface area contributed by atoms with Gasteiger partial charge in [0.05, 0.1) is 0 Å². The summed E-state index contributed by atoms with van der Waals surface area (Å²) in [5.41, 5.74) is 0. The lowest BCUT2D eigenvalue weighted by Gasteiger charge is -2.04. The highest BCUT2D eigenvalue weighted by Gasteiger charge is 1.97. The second kappa shape index (κ2) is 7.88. The molecule has 0 saturated carbocycles. The van der Waals surface area contributed by atoms with Crippen LogP contribution in [0.15, 0.2) is 12.4 Å². The van der Waals surface area contributed by atoms with Gasteiger partial charge >= 0.3 is 0 Å². The lowest BCUT2D eigenvalue weighted by atomic mass is 10.2. The first-order valence-corrected chi connectivity index (χ1v) is 6.69. The van der Waals surface area contributed by atoms with E-state index >= 15 is 0 Å². The predicted octanol–water partition coefficient (Wildman–Crippen LogP) is 2.12. The molecule has 0 fully saturated rings. The monoisotopic (exact) mass is 273 g/mol. The van der Waals surface area contributed by atoms with Gasteiger partial charge in [-0.25, -0.2) is 4.98 Å². The number of nitrogens with zero attached hydrogens (tertiary/aromatic N) is 2. The summed E-state index contributed by atoms with van der Waals surface area (Å²) in [6, 6.07) is 0. The fraction of sp³-hybridized carbons (Fsp3) is 0.727. The number of imidazole rings is 1. The highest BCUT2D eigenvalue weighted by molar-refractivity contribution is 9.09. The van der Waals surface area contributed by atoms with Gasteiger partial charge in [-0.05, 0) is 19.4 Å². The van der Waals surface area contributed by atoms with Crippen molar-refractivity contribution >= 4 is 15.9 Å². The molecule has 0 unspecified atom stereocenters. The highest BCUT2D eigenvalue weighted by Crippen LogP contribution is 1.97. The SMILES string of the molecule is Cn1ccnc1CCNCCCCCBr. The van der Waals surface area contributed by atoms with E-state index in [1.54, 1.807) is 0 Å². The summed E-state index contributed by atoms with van der Waals surface area (Å²) in [5, 5.41) is 4.57. The van der Waals surface area contributed by atoms with E-state index in [9.17, 15) is 0 Å². The van der Waals surface area contributed by atoms with Gasteiger partial charge in [-0.2, -0.15) is 0 Å². The van der Waals surface area contributed by atoms with Gasteiger partial charge < -0.3 is 9.88 Å². The maximum Gasteiger partial charge on any atom is 0.109 e. The van der Waals surface area contributed by atoms with Gasteiger partial charge in [0.15, 0.2) is 0 Å². The van der Waals surface area contributed by atoms with E-state index in [1.807, 2.05) is 19.4 Å². The van der Waals surface area contributed by atoms with E-state index in [2.05, 4.69) is 30.8 Å². The van der Waals surface area contributed by atoms with Crippen molar-refractivity contribution in [1.29, 1.82) is 0 Å². The van der Waals surface area contributed by atoms with E-state index < -0.39 is 0 Å². The summed E-state index contributed by atoms with van der Waals surface area (Å²) < 4.78 is 2.08. The molecule has 0 aromatic carbocycles. The molecule has 0 bridgehead atoms. The summed E-state index contributed by atoms with van der Waals surface area (Å²) >= 11 is 3.43. The first kappa shape index (κ1) is 12.7. The number of unbranched alkanes of at least 4 members (excludes halogenated alkanes) is 2. The number of aryl methyl sites for hydroxylation is 1. The second-order valence-electron chi connectivity index (χ2n) is 3.70. The van der Waals surface area contributed by atoms with Crippen molar-refractivity contribution in [3.05, 3.63) is 18.2 Å². The molecule has 1 aromatic rings. The molecule has 4 heteroatoms. The highest BCUT2D eigenvalue weighted by atomic mass is 79.9. The zero-order valence-electron chi connectivity index (χ0n) is 9.38. The minimum Gasteiger partial charge on any atom is -0.338 e. The number of rotatable bonds is 8. The van der Waals surface area contributed by atoms with E-state index in [0.29, 0.717) is 0 Å². The molecule has 1 aromatic heterocycles. The van der Waals surface area contributed by atoms with Crippen LogP contribution in [0.25, 0.3) is 0 Å². The van der Waals surface area contributed by atoms with E-state index in [0.717, 1.165) is 30.7 Å². The number of nitrogens with one attached hydrogen (secondary N) is 1. The van der Waals surface area contributed by atoms with E-state index in [1.165, 1.54) is 19.3 Å². The zero-order chi connectivity index (χ0) is 10.9. The van der Waals surface area contributed by atoms with Crippen LogP contribution in [-0.2, 0) is 13.5 Å². The Hall–Kier alpha value is -0.350. The largest absolute Gasteiger partial charge is 0.338 e. The Kier molecular flexibility index (Phi) is 6.68. The molecule has 0 radical (unpaired) electrons. The third kappa shape index (κ3) is 5.33. The van der Waals surface area contributed by atoms with Crippen molar-refractivity contribution in [3.63, 3.8) is 0 Å². The number of hydrogen-bond acceptors (Lipinski definition) is 2. The molecule has 1 rings (SSSR count).